The minimum absolute atomic E-state index is 0.0406. The third-order valence-electron chi connectivity index (χ3n) is 3.79. The second kappa shape index (κ2) is 8.76. The third kappa shape index (κ3) is 5.31. The van der Waals surface area contributed by atoms with Crippen molar-refractivity contribution in [2.45, 2.75) is 19.3 Å². The molecule has 1 aliphatic rings. The predicted octanol–water partition coefficient (Wildman–Crippen LogP) is 1.58. The molecule has 0 radical (unpaired) electrons. The highest BCUT2D eigenvalue weighted by atomic mass is 35.5. The van der Waals surface area contributed by atoms with E-state index >= 15 is 0 Å². The van der Waals surface area contributed by atoms with Gasteiger partial charge in [0.15, 0.2) is 0 Å². The number of carbonyl (C=O) groups excluding carboxylic acids is 2. The van der Waals surface area contributed by atoms with Gasteiger partial charge >= 0.3 is 0 Å². The molecule has 2 amide bonds. The van der Waals surface area contributed by atoms with Crippen molar-refractivity contribution in [2.24, 2.45) is 5.92 Å². The SMILES string of the molecule is O=C(CCC1CCNC1)NCCNC(=O)c1ccccc1Cl. The molecule has 0 spiro atoms. The number of halogens is 1. The average Bonchev–Trinajstić information content (AvgIpc) is 3.03. The molecule has 0 aromatic heterocycles. The maximum absolute atomic E-state index is 11.9. The molecule has 1 aliphatic heterocycles. The van der Waals surface area contributed by atoms with Crippen molar-refractivity contribution in [3.05, 3.63) is 34.9 Å². The molecule has 2 rings (SSSR count). The monoisotopic (exact) mass is 323 g/mol. The Morgan fingerprint density at radius 3 is 2.73 bits per heavy atom. The van der Waals surface area contributed by atoms with E-state index in [1.807, 2.05) is 0 Å². The number of rotatable bonds is 7. The van der Waals surface area contributed by atoms with Gasteiger partial charge in [-0.3, -0.25) is 9.59 Å². The van der Waals surface area contributed by atoms with E-state index in [2.05, 4.69) is 16.0 Å². The van der Waals surface area contributed by atoms with E-state index in [1.54, 1.807) is 24.3 Å². The zero-order valence-electron chi connectivity index (χ0n) is 12.5. The van der Waals surface area contributed by atoms with E-state index in [1.165, 1.54) is 0 Å². The molecule has 1 aromatic rings. The van der Waals surface area contributed by atoms with Crippen molar-refractivity contribution >= 4 is 23.4 Å². The summed E-state index contributed by atoms with van der Waals surface area (Å²) in [6.07, 6.45) is 2.62. The normalized spacial score (nSPS) is 17.2. The van der Waals surface area contributed by atoms with Crippen LogP contribution in [0.15, 0.2) is 24.3 Å². The van der Waals surface area contributed by atoms with Crippen molar-refractivity contribution in [3.8, 4) is 0 Å². The first-order valence-corrected chi connectivity index (χ1v) is 8.05. The predicted molar refractivity (Wildman–Crippen MR) is 87.0 cm³/mol. The summed E-state index contributed by atoms with van der Waals surface area (Å²) in [5, 5.41) is 9.28. The summed E-state index contributed by atoms with van der Waals surface area (Å²) < 4.78 is 0. The van der Waals surface area contributed by atoms with Crippen LogP contribution in [-0.2, 0) is 4.79 Å². The first-order valence-electron chi connectivity index (χ1n) is 7.67. The van der Waals surface area contributed by atoms with Crippen LogP contribution in [0.25, 0.3) is 0 Å². The van der Waals surface area contributed by atoms with Gasteiger partial charge in [-0.25, -0.2) is 0 Å². The molecule has 1 fully saturated rings. The molecular weight excluding hydrogens is 302 g/mol. The Kier molecular flexibility index (Phi) is 6.68. The molecule has 5 nitrogen and oxygen atoms in total. The number of hydrogen-bond donors (Lipinski definition) is 3. The van der Waals surface area contributed by atoms with Crippen LogP contribution in [0, 0.1) is 5.92 Å². The third-order valence-corrected chi connectivity index (χ3v) is 4.12. The van der Waals surface area contributed by atoms with E-state index < -0.39 is 0 Å². The summed E-state index contributed by atoms with van der Waals surface area (Å²) in [7, 11) is 0. The lowest BCUT2D eigenvalue weighted by atomic mass is 10.0. The topological polar surface area (TPSA) is 70.2 Å². The van der Waals surface area contributed by atoms with Crippen LogP contribution >= 0.6 is 11.6 Å². The second-order valence-electron chi connectivity index (χ2n) is 5.48. The largest absolute Gasteiger partial charge is 0.354 e. The van der Waals surface area contributed by atoms with Crippen LogP contribution in [0.3, 0.4) is 0 Å². The van der Waals surface area contributed by atoms with E-state index in [9.17, 15) is 9.59 Å². The Bertz CT molecular complexity index is 516. The number of benzene rings is 1. The maximum Gasteiger partial charge on any atom is 0.252 e. The highest BCUT2D eigenvalue weighted by molar-refractivity contribution is 6.33. The van der Waals surface area contributed by atoms with Crippen LogP contribution in [0.5, 0.6) is 0 Å². The van der Waals surface area contributed by atoms with Gasteiger partial charge in [-0.1, -0.05) is 23.7 Å². The Hall–Kier alpha value is -1.59. The van der Waals surface area contributed by atoms with Crippen molar-refractivity contribution in [1.29, 1.82) is 0 Å². The van der Waals surface area contributed by atoms with Crippen molar-refractivity contribution in [2.75, 3.05) is 26.2 Å². The van der Waals surface area contributed by atoms with E-state index in [-0.39, 0.29) is 11.8 Å². The Labute approximate surface area is 135 Å². The first kappa shape index (κ1) is 16.8. The molecule has 1 atom stereocenters. The minimum Gasteiger partial charge on any atom is -0.354 e. The molecule has 1 aromatic carbocycles. The molecule has 6 heteroatoms. The maximum atomic E-state index is 11.9. The number of hydrogen-bond acceptors (Lipinski definition) is 3. The highest BCUT2D eigenvalue weighted by Gasteiger charge is 2.15. The number of amides is 2. The lowest BCUT2D eigenvalue weighted by molar-refractivity contribution is -0.121. The van der Waals surface area contributed by atoms with Gasteiger partial charge in [-0.05, 0) is 44.0 Å². The first-order chi connectivity index (χ1) is 10.7. The average molecular weight is 324 g/mol. The molecule has 1 heterocycles. The van der Waals surface area contributed by atoms with Gasteiger partial charge in [0.25, 0.3) is 5.91 Å². The standard InChI is InChI=1S/C16H22ClN3O2/c17-14-4-2-1-3-13(14)16(22)20-10-9-19-15(21)6-5-12-7-8-18-11-12/h1-4,12,18H,5-11H2,(H,19,21)(H,20,22). The molecule has 22 heavy (non-hydrogen) atoms. The molecule has 0 bridgehead atoms. The van der Waals surface area contributed by atoms with E-state index in [0.29, 0.717) is 36.0 Å². The lowest BCUT2D eigenvalue weighted by Crippen LogP contribution is -2.34. The Balaban J connectivity index is 1.59. The summed E-state index contributed by atoms with van der Waals surface area (Å²) in [5.74, 6) is 0.432. The van der Waals surface area contributed by atoms with Crippen LogP contribution in [-0.4, -0.2) is 38.0 Å². The zero-order valence-corrected chi connectivity index (χ0v) is 13.3. The molecule has 0 aliphatic carbocycles. The molecular formula is C16H22ClN3O2. The van der Waals surface area contributed by atoms with Gasteiger partial charge in [0.05, 0.1) is 10.6 Å². The van der Waals surface area contributed by atoms with Gasteiger partial charge in [-0.15, -0.1) is 0 Å². The van der Waals surface area contributed by atoms with Crippen molar-refractivity contribution in [1.82, 2.24) is 16.0 Å². The fraction of sp³-hybridized carbons (Fsp3) is 0.500. The fourth-order valence-corrected chi connectivity index (χ4v) is 2.72. The molecule has 1 saturated heterocycles. The van der Waals surface area contributed by atoms with Gasteiger partial charge in [0.1, 0.15) is 0 Å². The minimum atomic E-state index is -0.225. The number of carbonyl (C=O) groups is 2. The summed E-state index contributed by atoms with van der Waals surface area (Å²) in [4.78, 5) is 23.6. The van der Waals surface area contributed by atoms with Crippen molar-refractivity contribution in [3.63, 3.8) is 0 Å². The van der Waals surface area contributed by atoms with E-state index in [0.717, 1.165) is 25.9 Å². The lowest BCUT2D eigenvalue weighted by Gasteiger charge is -2.10. The van der Waals surface area contributed by atoms with Gasteiger partial charge in [0, 0.05) is 19.5 Å². The van der Waals surface area contributed by atoms with Crippen molar-refractivity contribution < 1.29 is 9.59 Å². The van der Waals surface area contributed by atoms with E-state index in [4.69, 9.17) is 11.6 Å². The Morgan fingerprint density at radius 2 is 2.00 bits per heavy atom. The van der Waals surface area contributed by atoms with Crippen LogP contribution in [0.4, 0.5) is 0 Å². The quantitative estimate of drug-likeness (QED) is 0.667. The van der Waals surface area contributed by atoms with Gasteiger partial charge < -0.3 is 16.0 Å². The molecule has 0 saturated carbocycles. The van der Waals surface area contributed by atoms with Gasteiger partial charge in [0.2, 0.25) is 5.91 Å². The van der Waals surface area contributed by atoms with Crippen LogP contribution < -0.4 is 16.0 Å². The summed E-state index contributed by atoms with van der Waals surface area (Å²) in [6, 6.07) is 6.89. The molecule has 120 valence electrons. The van der Waals surface area contributed by atoms with Crippen LogP contribution in [0.2, 0.25) is 5.02 Å². The number of nitrogens with one attached hydrogen (secondary N) is 3. The molecule has 3 N–H and O–H groups in total. The van der Waals surface area contributed by atoms with Gasteiger partial charge in [-0.2, -0.15) is 0 Å². The van der Waals surface area contributed by atoms with Crippen LogP contribution in [0.1, 0.15) is 29.6 Å². The summed E-state index contributed by atoms with van der Waals surface area (Å²) >= 11 is 5.95. The second-order valence-corrected chi connectivity index (χ2v) is 5.89. The fourth-order valence-electron chi connectivity index (χ4n) is 2.50. The smallest absolute Gasteiger partial charge is 0.252 e. The highest BCUT2D eigenvalue weighted by Crippen LogP contribution is 2.14. The zero-order chi connectivity index (χ0) is 15.8. The molecule has 1 unspecified atom stereocenters. The summed E-state index contributed by atoms with van der Waals surface area (Å²) in [5.41, 5.74) is 0.448. The Morgan fingerprint density at radius 1 is 1.23 bits per heavy atom. The summed E-state index contributed by atoms with van der Waals surface area (Å²) in [6.45, 7) is 2.89.